The number of aromatic nitrogens is 2. The van der Waals surface area contributed by atoms with Crippen LogP contribution in [-0.4, -0.2) is 26.4 Å². The summed E-state index contributed by atoms with van der Waals surface area (Å²) >= 11 is 0. The van der Waals surface area contributed by atoms with E-state index >= 15 is 0 Å². The first-order valence-electron chi connectivity index (χ1n) is 7.12. The molecule has 2 rings (SSSR count). The Morgan fingerprint density at radius 3 is 2.52 bits per heavy atom. The lowest BCUT2D eigenvalue weighted by Crippen LogP contribution is -2.30. The standard InChI is InChI=1S/C16H22N2O3/c1-6-16(4,5)21-15(20)18-13-8-11(3)10(2)7-12(13)17-14(18)9-19/h7-8,19H,6,9H2,1-5H3. The van der Waals surface area contributed by atoms with Gasteiger partial charge in [0.25, 0.3) is 0 Å². The van der Waals surface area contributed by atoms with Crippen molar-refractivity contribution in [2.24, 2.45) is 0 Å². The summed E-state index contributed by atoms with van der Waals surface area (Å²) in [5.41, 5.74) is 2.96. The van der Waals surface area contributed by atoms with Gasteiger partial charge in [0.1, 0.15) is 18.0 Å². The molecule has 5 heteroatoms. The highest BCUT2D eigenvalue weighted by atomic mass is 16.6. The van der Waals surface area contributed by atoms with Crippen molar-refractivity contribution in [3.8, 4) is 0 Å². The van der Waals surface area contributed by atoms with Gasteiger partial charge in [-0.15, -0.1) is 0 Å². The number of hydrogen-bond donors (Lipinski definition) is 1. The Hall–Kier alpha value is -1.88. The predicted octanol–water partition coefficient (Wildman–Crippen LogP) is 3.32. The Kier molecular flexibility index (Phi) is 4.05. The Bertz CT molecular complexity index is 686. The molecule has 0 fully saturated rings. The Morgan fingerprint density at radius 1 is 1.33 bits per heavy atom. The second-order valence-corrected chi connectivity index (χ2v) is 5.93. The van der Waals surface area contributed by atoms with E-state index < -0.39 is 11.7 Å². The molecular formula is C16H22N2O3. The summed E-state index contributed by atoms with van der Waals surface area (Å²) in [4.78, 5) is 16.8. The van der Waals surface area contributed by atoms with E-state index in [0.29, 0.717) is 23.3 Å². The first-order chi connectivity index (χ1) is 9.79. The number of fused-ring (bicyclic) bond motifs is 1. The zero-order chi connectivity index (χ0) is 15.8. The number of aryl methyl sites for hydroxylation is 2. The van der Waals surface area contributed by atoms with Crippen molar-refractivity contribution in [2.75, 3.05) is 0 Å². The number of ether oxygens (including phenoxy) is 1. The number of rotatable bonds is 3. The van der Waals surface area contributed by atoms with Crippen molar-refractivity contribution < 1.29 is 14.6 Å². The fraction of sp³-hybridized carbons (Fsp3) is 0.500. The van der Waals surface area contributed by atoms with Gasteiger partial charge < -0.3 is 9.84 Å². The molecule has 0 atom stereocenters. The third-order valence-electron chi connectivity index (χ3n) is 3.88. The summed E-state index contributed by atoms with van der Waals surface area (Å²) in [7, 11) is 0. The molecule has 1 heterocycles. The zero-order valence-electron chi connectivity index (χ0n) is 13.2. The highest BCUT2D eigenvalue weighted by Crippen LogP contribution is 2.23. The van der Waals surface area contributed by atoms with E-state index in [2.05, 4.69) is 4.98 Å². The normalized spacial score (nSPS) is 11.9. The summed E-state index contributed by atoms with van der Waals surface area (Å²) in [6.45, 7) is 9.33. The molecule has 1 N–H and O–H groups in total. The molecule has 2 aromatic rings. The van der Waals surface area contributed by atoms with Gasteiger partial charge in [0.15, 0.2) is 0 Å². The van der Waals surface area contributed by atoms with Crippen LogP contribution in [0.15, 0.2) is 12.1 Å². The minimum absolute atomic E-state index is 0.298. The topological polar surface area (TPSA) is 64.3 Å². The maximum absolute atomic E-state index is 12.5. The van der Waals surface area contributed by atoms with E-state index in [1.54, 1.807) is 0 Å². The maximum Gasteiger partial charge on any atom is 0.420 e. The molecule has 0 unspecified atom stereocenters. The van der Waals surface area contributed by atoms with Gasteiger partial charge in [-0.2, -0.15) is 0 Å². The van der Waals surface area contributed by atoms with Crippen molar-refractivity contribution in [1.82, 2.24) is 9.55 Å². The fourth-order valence-corrected chi connectivity index (χ4v) is 2.05. The van der Waals surface area contributed by atoms with Crippen LogP contribution in [-0.2, 0) is 11.3 Å². The molecule has 5 nitrogen and oxygen atoms in total. The van der Waals surface area contributed by atoms with E-state index in [1.165, 1.54) is 4.57 Å². The highest BCUT2D eigenvalue weighted by Gasteiger charge is 2.25. The van der Waals surface area contributed by atoms with Crippen LogP contribution in [0.3, 0.4) is 0 Å². The van der Waals surface area contributed by atoms with E-state index in [1.807, 2.05) is 46.8 Å². The SMILES string of the molecule is CCC(C)(C)OC(=O)n1c(CO)nc2cc(C)c(C)cc21. The Balaban J connectivity index is 2.56. The number of hydrogen-bond acceptors (Lipinski definition) is 4. The van der Waals surface area contributed by atoms with Crippen LogP contribution < -0.4 is 0 Å². The second kappa shape index (κ2) is 5.48. The minimum Gasteiger partial charge on any atom is -0.443 e. The lowest BCUT2D eigenvalue weighted by molar-refractivity contribution is 0.0367. The number of imidazole rings is 1. The van der Waals surface area contributed by atoms with Crippen molar-refractivity contribution in [3.63, 3.8) is 0 Å². The average molecular weight is 290 g/mol. The number of benzene rings is 1. The van der Waals surface area contributed by atoms with Crippen molar-refractivity contribution in [3.05, 3.63) is 29.1 Å². The van der Waals surface area contributed by atoms with Crippen LogP contribution in [0.25, 0.3) is 11.0 Å². The van der Waals surface area contributed by atoms with Crippen molar-refractivity contribution in [2.45, 2.75) is 53.2 Å². The van der Waals surface area contributed by atoms with Gasteiger partial charge in [-0.25, -0.2) is 14.3 Å². The van der Waals surface area contributed by atoms with Crippen LogP contribution in [0.1, 0.15) is 44.1 Å². The summed E-state index contributed by atoms with van der Waals surface area (Å²) in [5, 5.41) is 9.47. The Labute approximate surface area is 124 Å². The molecule has 0 spiro atoms. The van der Waals surface area contributed by atoms with Gasteiger partial charge in [-0.3, -0.25) is 0 Å². The quantitative estimate of drug-likeness (QED) is 0.941. The monoisotopic (exact) mass is 290 g/mol. The lowest BCUT2D eigenvalue weighted by Gasteiger charge is -2.23. The third-order valence-corrected chi connectivity index (χ3v) is 3.88. The van der Waals surface area contributed by atoms with Crippen molar-refractivity contribution >= 4 is 17.1 Å². The lowest BCUT2D eigenvalue weighted by atomic mass is 10.1. The first kappa shape index (κ1) is 15.5. The molecule has 0 radical (unpaired) electrons. The van der Waals surface area contributed by atoms with Gasteiger partial charge in [-0.05, 0) is 57.4 Å². The number of aliphatic hydroxyl groups is 1. The molecular weight excluding hydrogens is 268 g/mol. The molecule has 21 heavy (non-hydrogen) atoms. The number of aliphatic hydroxyl groups excluding tert-OH is 1. The number of carbonyl (C=O) groups excluding carboxylic acids is 1. The molecule has 0 aliphatic rings. The summed E-state index contributed by atoms with van der Waals surface area (Å²) in [6, 6.07) is 3.82. The molecule has 0 amide bonds. The summed E-state index contributed by atoms with van der Waals surface area (Å²) < 4.78 is 6.89. The first-order valence-corrected chi connectivity index (χ1v) is 7.12. The van der Waals surface area contributed by atoms with Gasteiger partial charge in [0.05, 0.1) is 11.0 Å². The number of carbonyl (C=O) groups is 1. The number of nitrogens with zero attached hydrogens (tertiary/aromatic N) is 2. The third kappa shape index (κ3) is 2.93. The molecule has 0 saturated heterocycles. The summed E-state index contributed by atoms with van der Waals surface area (Å²) in [6.07, 6.45) is 0.203. The van der Waals surface area contributed by atoms with E-state index in [9.17, 15) is 9.90 Å². The smallest absolute Gasteiger partial charge is 0.420 e. The second-order valence-electron chi connectivity index (χ2n) is 5.93. The predicted molar refractivity (Wildman–Crippen MR) is 81.4 cm³/mol. The van der Waals surface area contributed by atoms with E-state index in [4.69, 9.17) is 4.74 Å². The molecule has 0 aliphatic carbocycles. The minimum atomic E-state index is -0.555. The fourth-order valence-electron chi connectivity index (χ4n) is 2.05. The van der Waals surface area contributed by atoms with Crippen LogP contribution in [0.2, 0.25) is 0 Å². The average Bonchev–Trinajstić information content (AvgIpc) is 2.76. The molecule has 0 aliphatic heterocycles. The highest BCUT2D eigenvalue weighted by molar-refractivity contribution is 5.88. The van der Waals surface area contributed by atoms with Crippen molar-refractivity contribution in [1.29, 1.82) is 0 Å². The molecule has 1 aromatic heterocycles. The van der Waals surface area contributed by atoms with Crippen LogP contribution in [0, 0.1) is 13.8 Å². The van der Waals surface area contributed by atoms with Crippen LogP contribution >= 0.6 is 0 Å². The molecule has 1 aromatic carbocycles. The van der Waals surface area contributed by atoms with Gasteiger partial charge in [-0.1, -0.05) is 6.92 Å². The van der Waals surface area contributed by atoms with Gasteiger partial charge >= 0.3 is 6.09 Å². The largest absolute Gasteiger partial charge is 0.443 e. The van der Waals surface area contributed by atoms with E-state index in [0.717, 1.165) is 11.1 Å². The van der Waals surface area contributed by atoms with E-state index in [-0.39, 0.29) is 6.61 Å². The summed E-state index contributed by atoms with van der Waals surface area (Å²) in [5.74, 6) is 0.298. The zero-order valence-corrected chi connectivity index (χ0v) is 13.2. The van der Waals surface area contributed by atoms with Gasteiger partial charge in [0, 0.05) is 0 Å². The maximum atomic E-state index is 12.5. The Morgan fingerprint density at radius 2 is 1.95 bits per heavy atom. The van der Waals surface area contributed by atoms with Crippen LogP contribution in [0.5, 0.6) is 0 Å². The van der Waals surface area contributed by atoms with Gasteiger partial charge in [0.2, 0.25) is 0 Å². The molecule has 0 bridgehead atoms. The molecule has 114 valence electrons. The molecule has 0 saturated carbocycles. The van der Waals surface area contributed by atoms with Crippen LogP contribution in [0.4, 0.5) is 4.79 Å².